The lowest BCUT2D eigenvalue weighted by Crippen LogP contribution is -2.41. The minimum absolute atomic E-state index is 0.177. The van der Waals surface area contributed by atoms with Gasteiger partial charge in [-0.2, -0.15) is 0 Å². The predicted molar refractivity (Wildman–Crippen MR) is 81.3 cm³/mol. The summed E-state index contributed by atoms with van der Waals surface area (Å²) in [7, 11) is 1.72. The van der Waals surface area contributed by atoms with Gasteiger partial charge in [0, 0.05) is 19.0 Å². The van der Waals surface area contributed by atoms with E-state index in [4.69, 9.17) is 4.42 Å². The maximum Gasteiger partial charge on any atom is 0.289 e. The van der Waals surface area contributed by atoms with Gasteiger partial charge in [-0.05, 0) is 38.0 Å². The Morgan fingerprint density at radius 1 is 1.33 bits per heavy atom. The molecule has 4 heteroatoms. The van der Waals surface area contributed by atoms with Crippen LogP contribution < -0.4 is 0 Å². The molecule has 0 radical (unpaired) electrons. The minimum Gasteiger partial charge on any atom is -0.451 e. The second-order valence-corrected chi connectivity index (χ2v) is 6.24. The molecule has 1 fully saturated rings. The zero-order valence-electron chi connectivity index (χ0n) is 12.6. The number of benzene rings is 1. The lowest BCUT2D eigenvalue weighted by Gasteiger charge is -2.28. The fraction of sp³-hybridized carbons (Fsp3) is 0.471. The molecule has 1 amide bonds. The van der Waals surface area contributed by atoms with Crippen LogP contribution in [0.4, 0.5) is 0 Å². The molecule has 21 heavy (non-hydrogen) atoms. The second-order valence-electron chi connectivity index (χ2n) is 6.24. The van der Waals surface area contributed by atoms with Gasteiger partial charge in [-0.15, -0.1) is 0 Å². The first-order chi connectivity index (χ1) is 9.97. The third-order valence-corrected chi connectivity index (χ3v) is 4.30. The van der Waals surface area contributed by atoms with Crippen LogP contribution in [0.2, 0.25) is 0 Å². The van der Waals surface area contributed by atoms with E-state index in [9.17, 15) is 9.90 Å². The lowest BCUT2D eigenvalue weighted by atomic mass is 10.0. The summed E-state index contributed by atoms with van der Waals surface area (Å²) in [6, 6.07) is 7.62. The molecule has 4 nitrogen and oxygen atoms in total. The van der Waals surface area contributed by atoms with Crippen molar-refractivity contribution in [3.63, 3.8) is 0 Å². The number of carbonyl (C=O) groups is 1. The second kappa shape index (κ2) is 5.19. The van der Waals surface area contributed by atoms with Gasteiger partial charge in [0.1, 0.15) is 5.58 Å². The number of furan rings is 1. The zero-order valence-corrected chi connectivity index (χ0v) is 12.6. The molecule has 1 heterocycles. The third-order valence-electron chi connectivity index (χ3n) is 4.30. The van der Waals surface area contributed by atoms with Gasteiger partial charge < -0.3 is 14.4 Å². The first-order valence-corrected chi connectivity index (χ1v) is 7.45. The standard InChI is InChI=1S/C17H21NO3/c1-12-5-6-14-13(9-12)10-15(21-14)16(19)18(2)11-17(20)7-3-4-8-17/h5-6,9-10,20H,3-4,7-8,11H2,1-2H3. The highest BCUT2D eigenvalue weighted by Gasteiger charge is 2.34. The molecule has 1 aromatic carbocycles. The Morgan fingerprint density at radius 2 is 2.05 bits per heavy atom. The number of fused-ring (bicyclic) bond motifs is 1. The quantitative estimate of drug-likeness (QED) is 0.943. The van der Waals surface area contributed by atoms with Crippen molar-refractivity contribution in [3.05, 3.63) is 35.6 Å². The number of carbonyl (C=O) groups excluding carboxylic acids is 1. The van der Waals surface area contributed by atoms with E-state index in [-0.39, 0.29) is 5.91 Å². The monoisotopic (exact) mass is 287 g/mol. The molecule has 1 aliphatic carbocycles. The van der Waals surface area contributed by atoms with Crippen LogP contribution >= 0.6 is 0 Å². The van der Waals surface area contributed by atoms with Gasteiger partial charge in [0.05, 0.1) is 5.60 Å². The van der Waals surface area contributed by atoms with E-state index >= 15 is 0 Å². The van der Waals surface area contributed by atoms with Crippen LogP contribution in [-0.4, -0.2) is 35.1 Å². The smallest absolute Gasteiger partial charge is 0.289 e. The summed E-state index contributed by atoms with van der Waals surface area (Å²) < 4.78 is 5.63. The maximum absolute atomic E-state index is 12.5. The first-order valence-electron chi connectivity index (χ1n) is 7.45. The van der Waals surface area contributed by atoms with Crippen LogP contribution in [0.15, 0.2) is 28.7 Å². The minimum atomic E-state index is -0.729. The van der Waals surface area contributed by atoms with Crippen LogP contribution in [0.5, 0.6) is 0 Å². The van der Waals surface area contributed by atoms with Crippen molar-refractivity contribution < 1.29 is 14.3 Å². The van der Waals surface area contributed by atoms with E-state index in [0.717, 1.165) is 42.2 Å². The van der Waals surface area contributed by atoms with Crippen molar-refractivity contribution >= 4 is 16.9 Å². The highest BCUT2D eigenvalue weighted by molar-refractivity contribution is 5.96. The number of likely N-dealkylation sites (N-methyl/N-ethyl adjacent to an activating group) is 1. The van der Waals surface area contributed by atoms with Gasteiger partial charge in [-0.25, -0.2) is 0 Å². The largest absolute Gasteiger partial charge is 0.451 e. The van der Waals surface area contributed by atoms with Gasteiger partial charge in [0.25, 0.3) is 5.91 Å². The molecule has 0 aliphatic heterocycles. The summed E-state index contributed by atoms with van der Waals surface area (Å²) in [5, 5.41) is 11.3. The number of hydrogen-bond acceptors (Lipinski definition) is 3. The average Bonchev–Trinajstić information content (AvgIpc) is 3.03. The Kier molecular flexibility index (Phi) is 3.49. The normalized spacial score (nSPS) is 17.3. The van der Waals surface area contributed by atoms with Crippen molar-refractivity contribution in [3.8, 4) is 0 Å². The van der Waals surface area contributed by atoms with E-state index in [0.29, 0.717) is 12.3 Å². The summed E-state index contributed by atoms with van der Waals surface area (Å²) in [6.07, 6.45) is 3.60. The number of amides is 1. The lowest BCUT2D eigenvalue weighted by molar-refractivity contribution is 0.0147. The Bertz CT molecular complexity index is 668. The Balaban J connectivity index is 1.79. The number of aryl methyl sites for hydroxylation is 1. The van der Waals surface area contributed by atoms with E-state index in [1.54, 1.807) is 18.0 Å². The zero-order chi connectivity index (χ0) is 15.0. The highest BCUT2D eigenvalue weighted by Crippen LogP contribution is 2.30. The van der Waals surface area contributed by atoms with Crippen LogP contribution in [-0.2, 0) is 0 Å². The van der Waals surface area contributed by atoms with E-state index < -0.39 is 5.60 Å². The molecule has 3 rings (SSSR count). The van der Waals surface area contributed by atoms with Crippen LogP contribution in [0.3, 0.4) is 0 Å². The summed E-state index contributed by atoms with van der Waals surface area (Å²) in [5.74, 6) is 0.156. The molecule has 1 aliphatic rings. The summed E-state index contributed by atoms with van der Waals surface area (Å²) >= 11 is 0. The summed E-state index contributed by atoms with van der Waals surface area (Å²) in [4.78, 5) is 14.0. The number of nitrogens with zero attached hydrogens (tertiary/aromatic N) is 1. The van der Waals surface area contributed by atoms with Gasteiger partial charge in [-0.1, -0.05) is 24.5 Å². The first kappa shape index (κ1) is 14.1. The van der Waals surface area contributed by atoms with E-state index in [2.05, 4.69) is 0 Å². The van der Waals surface area contributed by atoms with Gasteiger partial charge in [0.2, 0.25) is 0 Å². The molecule has 2 aromatic rings. The van der Waals surface area contributed by atoms with Gasteiger partial charge in [0.15, 0.2) is 5.76 Å². The molecule has 112 valence electrons. The van der Waals surface area contributed by atoms with Crippen molar-refractivity contribution in [1.82, 2.24) is 4.90 Å². The van der Waals surface area contributed by atoms with Gasteiger partial charge >= 0.3 is 0 Å². The third kappa shape index (κ3) is 2.81. The molecule has 1 aromatic heterocycles. The highest BCUT2D eigenvalue weighted by atomic mass is 16.3. The fourth-order valence-electron chi connectivity index (χ4n) is 3.16. The fourth-order valence-corrected chi connectivity index (χ4v) is 3.16. The SMILES string of the molecule is Cc1ccc2oc(C(=O)N(C)CC3(O)CCCC3)cc2c1. The molecule has 1 saturated carbocycles. The maximum atomic E-state index is 12.5. The average molecular weight is 287 g/mol. The Labute approximate surface area is 124 Å². The molecule has 0 bridgehead atoms. The Hall–Kier alpha value is -1.81. The van der Waals surface area contributed by atoms with Crippen molar-refractivity contribution in [2.24, 2.45) is 0 Å². The Morgan fingerprint density at radius 3 is 2.76 bits per heavy atom. The molecule has 0 atom stereocenters. The van der Waals surface area contributed by atoms with E-state index in [1.165, 1.54) is 0 Å². The number of hydrogen-bond donors (Lipinski definition) is 1. The molecular weight excluding hydrogens is 266 g/mol. The molecule has 0 saturated heterocycles. The van der Waals surface area contributed by atoms with Crippen LogP contribution in [0.1, 0.15) is 41.8 Å². The van der Waals surface area contributed by atoms with Crippen LogP contribution in [0, 0.1) is 6.92 Å². The number of rotatable bonds is 3. The van der Waals surface area contributed by atoms with Crippen molar-refractivity contribution in [2.45, 2.75) is 38.2 Å². The molecule has 0 spiro atoms. The van der Waals surface area contributed by atoms with E-state index in [1.807, 2.05) is 25.1 Å². The molecular formula is C17H21NO3. The van der Waals surface area contributed by atoms with Crippen molar-refractivity contribution in [1.29, 1.82) is 0 Å². The molecule has 1 N–H and O–H groups in total. The number of aliphatic hydroxyl groups is 1. The van der Waals surface area contributed by atoms with Gasteiger partial charge in [-0.3, -0.25) is 4.79 Å². The summed E-state index contributed by atoms with van der Waals surface area (Å²) in [5.41, 5.74) is 1.13. The summed E-state index contributed by atoms with van der Waals surface area (Å²) in [6.45, 7) is 2.37. The van der Waals surface area contributed by atoms with Crippen LogP contribution in [0.25, 0.3) is 11.0 Å². The predicted octanol–water partition coefficient (Wildman–Crippen LogP) is 3.12. The topological polar surface area (TPSA) is 53.7 Å². The molecule has 0 unspecified atom stereocenters. The van der Waals surface area contributed by atoms with Crippen molar-refractivity contribution in [2.75, 3.05) is 13.6 Å².